The van der Waals surface area contributed by atoms with Crippen LogP contribution in [0.15, 0.2) is 54.6 Å². The van der Waals surface area contributed by atoms with Crippen LogP contribution in [0.3, 0.4) is 0 Å². The number of fused-ring (bicyclic) bond motifs is 3. The molecule has 199 valence electrons. The van der Waals surface area contributed by atoms with E-state index in [0.29, 0.717) is 11.8 Å². The number of hydrogen-bond donors (Lipinski definition) is 1. The van der Waals surface area contributed by atoms with Crippen molar-refractivity contribution in [3.05, 3.63) is 71.8 Å². The first-order valence-corrected chi connectivity index (χ1v) is 13.4. The largest absolute Gasteiger partial charge is 0.512 e. The second-order valence-electron chi connectivity index (χ2n) is 10.3. The van der Waals surface area contributed by atoms with Gasteiger partial charge in [-0.05, 0) is 39.9 Å². The fourth-order valence-corrected chi connectivity index (χ4v) is 5.13. The molecule has 0 aliphatic heterocycles. The summed E-state index contributed by atoms with van der Waals surface area (Å²) >= 11 is 1.82. The second-order valence-corrected chi connectivity index (χ2v) is 11.4. The normalized spacial score (nSPS) is 11.8. The van der Waals surface area contributed by atoms with E-state index in [2.05, 4.69) is 68.0 Å². The van der Waals surface area contributed by atoms with Crippen LogP contribution in [0.25, 0.3) is 31.6 Å². The number of carbonyl (C=O) groups excluding carboxylic acids is 1. The average Bonchev–Trinajstić information content (AvgIpc) is 3.23. The number of nitrogens with zero attached hydrogens (tertiary/aromatic N) is 2. The summed E-state index contributed by atoms with van der Waals surface area (Å²) in [5, 5.41) is 10.4. The predicted octanol–water partition coefficient (Wildman–Crippen LogP) is 8.87. The van der Waals surface area contributed by atoms with Gasteiger partial charge in [-0.25, -0.2) is 0 Å². The first-order chi connectivity index (χ1) is 17.0. The monoisotopic (exact) mass is 694 g/mol. The molecule has 0 atom stereocenters. The number of thiophene rings is 1. The topological polar surface area (TPSA) is 63.1 Å². The SMILES string of the molecule is CC(C)C(=O)/C=C(\O)C(C)C.CC(C)c1ccnc(-c2[c-]ccc3c2sc2c(C(C)C)ccnc23)c1.[Ir]. The van der Waals surface area contributed by atoms with Crippen LogP contribution in [0.1, 0.15) is 78.4 Å². The van der Waals surface area contributed by atoms with E-state index in [-0.39, 0.29) is 43.5 Å². The standard InChI is InChI=1S/C22H21N2S.C9H16O2.Ir/c1-13(2)15-8-10-23-19(12-15)17-6-5-7-18-20-22(25-21(17)18)16(14(3)4)9-11-24-20;1-6(2)8(10)5-9(11)7(3)4;/h5,7-14H,1-4H3;5-7,10H,1-4H3;/q-1;;/b;8-5-;. The van der Waals surface area contributed by atoms with Crippen molar-refractivity contribution >= 4 is 37.4 Å². The van der Waals surface area contributed by atoms with E-state index < -0.39 is 0 Å². The van der Waals surface area contributed by atoms with Gasteiger partial charge in [-0.3, -0.25) is 9.78 Å². The van der Waals surface area contributed by atoms with E-state index in [0.717, 1.165) is 16.8 Å². The molecule has 4 rings (SSSR count). The van der Waals surface area contributed by atoms with Crippen LogP contribution < -0.4 is 0 Å². The molecule has 4 aromatic rings. The van der Waals surface area contributed by atoms with Crippen molar-refractivity contribution in [1.82, 2.24) is 9.97 Å². The minimum absolute atomic E-state index is 0. The smallest absolute Gasteiger partial charge is 0.161 e. The number of benzene rings is 1. The number of aliphatic hydroxyl groups excluding tert-OH is 1. The number of allylic oxidation sites excluding steroid dienone is 2. The summed E-state index contributed by atoms with van der Waals surface area (Å²) < 4.78 is 2.51. The molecule has 0 amide bonds. The van der Waals surface area contributed by atoms with Gasteiger partial charge < -0.3 is 10.1 Å². The maximum absolute atomic E-state index is 11.0. The van der Waals surface area contributed by atoms with Gasteiger partial charge in [0.25, 0.3) is 0 Å². The van der Waals surface area contributed by atoms with E-state index in [1.807, 2.05) is 57.5 Å². The van der Waals surface area contributed by atoms with E-state index in [4.69, 9.17) is 0 Å². The molecule has 6 heteroatoms. The Morgan fingerprint density at radius 2 is 1.59 bits per heavy atom. The molecule has 37 heavy (non-hydrogen) atoms. The average molecular weight is 694 g/mol. The zero-order chi connectivity index (χ0) is 26.6. The Balaban J connectivity index is 0.000000344. The molecule has 0 aliphatic rings. The van der Waals surface area contributed by atoms with Crippen LogP contribution in [0.4, 0.5) is 0 Å². The molecule has 0 saturated carbocycles. The van der Waals surface area contributed by atoms with E-state index in [1.165, 1.54) is 32.0 Å². The molecule has 3 heterocycles. The Morgan fingerprint density at radius 3 is 2.19 bits per heavy atom. The molecule has 1 N–H and O–H groups in total. The van der Waals surface area contributed by atoms with Crippen molar-refractivity contribution in [3.8, 4) is 11.3 Å². The number of pyridine rings is 2. The number of carbonyl (C=O) groups is 1. The third-order valence-corrected chi connectivity index (χ3v) is 7.38. The van der Waals surface area contributed by atoms with Gasteiger partial charge in [-0.15, -0.1) is 23.8 Å². The van der Waals surface area contributed by atoms with Crippen LogP contribution in [-0.2, 0) is 24.9 Å². The van der Waals surface area contributed by atoms with Crippen molar-refractivity contribution in [2.24, 2.45) is 11.8 Å². The van der Waals surface area contributed by atoms with Crippen LogP contribution in [0, 0.1) is 17.9 Å². The Morgan fingerprint density at radius 1 is 0.919 bits per heavy atom. The van der Waals surface area contributed by atoms with Crippen molar-refractivity contribution in [2.75, 3.05) is 0 Å². The van der Waals surface area contributed by atoms with Crippen LogP contribution in [-0.4, -0.2) is 20.9 Å². The van der Waals surface area contributed by atoms with Crippen molar-refractivity contribution in [3.63, 3.8) is 0 Å². The molecular formula is C31H37IrN2O2S-. The summed E-state index contributed by atoms with van der Waals surface area (Å²) in [7, 11) is 0. The molecule has 4 nitrogen and oxygen atoms in total. The summed E-state index contributed by atoms with van der Waals surface area (Å²) in [5.74, 6) is 1.12. The van der Waals surface area contributed by atoms with Crippen molar-refractivity contribution in [2.45, 2.75) is 67.2 Å². The van der Waals surface area contributed by atoms with Gasteiger partial charge in [0.05, 0.1) is 11.3 Å². The Kier molecular flexibility index (Phi) is 11.2. The van der Waals surface area contributed by atoms with Gasteiger partial charge in [-0.1, -0.05) is 72.4 Å². The summed E-state index contributed by atoms with van der Waals surface area (Å²) in [6.45, 7) is 16.2. The molecule has 0 unspecified atom stereocenters. The van der Waals surface area contributed by atoms with E-state index >= 15 is 0 Å². The zero-order valence-electron chi connectivity index (χ0n) is 22.9. The molecule has 0 bridgehead atoms. The molecule has 1 aromatic carbocycles. The number of hydrogen-bond acceptors (Lipinski definition) is 5. The van der Waals surface area contributed by atoms with Crippen LogP contribution in [0.2, 0.25) is 0 Å². The van der Waals surface area contributed by atoms with Gasteiger partial charge in [-0.2, -0.15) is 11.3 Å². The number of aliphatic hydroxyl groups is 1. The molecule has 0 aliphatic carbocycles. The van der Waals surface area contributed by atoms with Gasteiger partial charge in [0.1, 0.15) is 0 Å². The minimum Gasteiger partial charge on any atom is -0.512 e. The predicted molar refractivity (Wildman–Crippen MR) is 153 cm³/mol. The first kappa shape index (κ1) is 30.8. The third-order valence-electron chi connectivity index (χ3n) is 6.12. The van der Waals surface area contributed by atoms with Crippen LogP contribution in [0.5, 0.6) is 0 Å². The summed E-state index contributed by atoms with van der Waals surface area (Å²) in [4.78, 5) is 20.3. The zero-order valence-corrected chi connectivity index (χ0v) is 26.1. The third kappa shape index (κ3) is 7.34. The molecule has 1 radical (unpaired) electrons. The van der Waals surface area contributed by atoms with Gasteiger partial charge >= 0.3 is 0 Å². The Labute approximate surface area is 238 Å². The first-order valence-electron chi connectivity index (χ1n) is 12.6. The Hall–Kier alpha value is -2.40. The van der Waals surface area contributed by atoms with Crippen molar-refractivity contribution in [1.29, 1.82) is 0 Å². The maximum atomic E-state index is 11.0. The van der Waals surface area contributed by atoms with E-state index in [1.54, 1.807) is 0 Å². The van der Waals surface area contributed by atoms with Gasteiger partial charge in [0.2, 0.25) is 0 Å². The summed E-state index contributed by atoms with van der Waals surface area (Å²) in [5.41, 5.74) is 5.84. The van der Waals surface area contributed by atoms with Crippen LogP contribution >= 0.6 is 11.3 Å². The molecule has 0 fully saturated rings. The number of rotatable bonds is 6. The summed E-state index contributed by atoms with van der Waals surface area (Å²) in [6.07, 6.45) is 5.15. The molecular weight excluding hydrogens is 657 g/mol. The quantitative estimate of drug-likeness (QED) is 0.125. The fourth-order valence-electron chi connectivity index (χ4n) is 3.71. The number of aromatic nitrogens is 2. The number of ketones is 1. The van der Waals surface area contributed by atoms with Gasteiger partial charge in [0.15, 0.2) is 5.78 Å². The molecule has 0 saturated heterocycles. The summed E-state index contributed by atoms with van der Waals surface area (Å²) in [6, 6.07) is 14.0. The van der Waals surface area contributed by atoms with Gasteiger partial charge in [0, 0.05) is 55.1 Å². The minimum atomic E-state index is -0.0316. The Bertz CT molecular complexity index is 1390. The maximum Gasteiger partial charge on any atom is 0.161 e. The molecule has 0 spiro atoms. The molecule has 3 aromatic heterocycles. The van der Waals surface area contributed by atoms with E-state index in [9.17, 15) is 9.90 Å². The fraction of sp³-hybridized carbons (Fsp3) is 0.387. The second kappa shape index (κ2) is 13.4. The van der Waals surface area contributed by atoms with Crippen molar-refractivity contribution < 1.29 is 30.0 Å².